The van der Waals surface area contributed by atoms with Gasteiger partial charge in [0.25, 0.3) is 0 Å². The van der Waals surface area contributed by atoms with E-state index >= 15 is 0 Å². The van der Waals surface area contributed by atoms with Crippen LogP contribution < -0.4 is 0 Å². The molecule has 104 valence electrons. The minimum Gasteiger partial charge on any atom is -0.300 e. The number of likely N-dealkylation sites (N-methyl/N-ethyl adjacent to an activating group) is 1. The van der Waals surface area contributed by atoms with Gasteiger partial charge in [0.15, 0.2) is 0 Å². The highest BCUT2D eigenvalue weighted by Gasteiger charge is 2.16. The van der Waals surface area contributed by atoms with Gasteiger partial charge in [0, 0.05) is 12.6 Å². The van der Waals surface area contributed by atoms with Crippen molar-refractivity contribution in [1.82, 2.24) is 4.90 Å². The van der Waals surface area contributed by atoms with E-state index in [1.54, 1.807) is 0 Å². The molecule has 18 heavy (non-hydrogen) atoms. The fourth-order valence-electron chi connectivity index (χ4n) is 2.66. The molecule has 0 unspecified atom stereocenters. The van der Waals surface area contributed by atoms with Crippen LogP contribution in [0.5, 0.6) is 0 Å². The first-order chi connectivity index (χ1) is 8.59. The molecule has 0 N–H and O–H groups in total. The van der Waals surface area contributed by atoms with Crippen LogP contribution in [0.25, 0.3) is 0 Å². The SMILES string of the molecule is CC(C)=CCCC(C)=CCN(C)C1CCCCC1. The molecule has 0 bridgehead atoms. The lowest BCUT2D eigenvalue weighted by Crippen LogP contribution is -2.33. The second-order valence-corrected chi connectivity index (χ2v) is 6.10. The summed E-state index contributed by atoms with van der Waals surface area (Å²) in [5.41, 5.74) is 2.97. The van der Waals surface area contributed by atoms with Crippen molar-refractivity contribution in [2.75, 3.05) is 13.6 Å². The number of allylic oxidation sites excluding steroid dienone is 3. The van der Waals surface area contributed by atoms with Crippen molar-refractivity contribution in [2.45, 2.75) is 71.8 Å². The Labute approximate surface area is 114 Å². The van der Waals surface area contributed by atoms with Crippen molar-refractivity contribution in [3.8, 4) is 0 Å². The summed E-state index contributed by atoms with van der Waals surface area (Å²) in [4.78, 5) is 2.55. The van der Waals surface area contributed by atoms with Crippen LogP contribution in [0.2, 0.25) is 0 Å². The molecule has 1 aliphatic rings. The first-order valence-corrected chi connectivity index (χ1v) is 7.59. The molecular weight excluding hydrogens is 218 g/mol. The van der Waals surface area contributed by atoms with Crippen LogP contribution >= 0.6 is 0 Å². The Balaban J connectivity index is 2.26. The Hall–Kier alpha value is -0.560. The van der Waals surface area contributed by atoms with Gasteiger partial charge in [-0.25, -0.2) is 0 Å². The van der Waals surface area contributed by atoms with E-state index in [4.69, 9.17) is 0 Å². The molecule has 0 aliphatic heterocycles. The summed E-state index contributed by atoms with van der Waals surface area (Å²) in [6.07, 6.45) is 14.3. The van der Waals surface area contributed by atoms with Crippen molar-refractivity contribution >= 4 is 0 Å². The molecule has 0 radical (unpaired) electrons. The fourth-order valence-corrected chi connectivity index (χ4v) is 2.66. The topological polar surface area (TPSA) is 3.24 Å². The Kier molecular flexibility index (Phi) is 7.34. The lowest BCUT2D eigenvalue weighted by Gasteiger charge is -2.30. The molecular formula is C17H31N. The van der Waals surface area contributed by atoms with E-state index in [9.17, 15) is 0 Å². The molecule has 1 fully saturated rings. The average Bonchev–Trinajstić information content (AvgIpc) is 2.36. The standard InChI is InChI=1S/C17H31N/c1-15(2)9-8-10-16(3)13-14-18(4)17-11-6-5-7-12-17/h9,13,17H,5-8,10-12,14H2,1-4H3. The van der Waals surface area contributed by atoms with Crippen LogP contribution in [0.3, 0.4) is 0 Å². The fraction of sp³-hybridized carbons (Fsp3) is 0.765. The number of hydrogen-bond acceptors (Lipinski definition) is 1. The molecule has 1 heteroatoms. The van der Waals surface area contributed by atoms with Crippen molar-refractivity contribution in [1.29, 1.82) is 0 Å². The summed E-state index contributed by atoms with van der Waals surface area (Å²) < 4.78 is 0. The van der Waals surface area contributed by atoms with Crippen LogP contribution in [-0.4, -0.2) is 24.5 Å². The molecule has 1 rings (SSSR count). The second-order valence-electron chi connectivity index (χ2n) is 6.10. The van der Waals surface area contributed by atoms with E-state index < -0.39 is 0 Å². The monoisotopic (exact) mass is 249 g/mol. The Morgan fingerprint density at radius 1 is 1.06 bits per heavy atom. The number of rotatable bonds is 6. The molecule has 0 atom stereocenters. The van der Waals surface area contributed by atoms with Gasteiger partial charge < -0.3 is 0 Å². The summed E-state index contributed by atoms with van der Waals surface area (Å²) >= 11 is 0. The van der Waals surface area contributed by atoms with Gasteiger partial charge in [-0.1, -0.05) is 42.6 Å². The van der Waals surface area contributed by atoms with Crippen LogP contribution in [0.4, 0.5) is 0 Å². The average molecular weight is 249 g/mol. The van der Waals surface area contributed by atoms with Gasteiger partial charge >= 0.3 is 0 Å². The summed E-state index contributed by atoms with van der Waals surface area (Å²) in [5, 5.41) is 0. The lowest BCUT2D eigenvalue weighted by molar-refractivity contribution is 0.209. The van der Waals surface area contributed by atoms with Crippen LogP contribution in [-0.2, 0) is 0 Å². The first kappa shape index (κ1) is 15.5. The van der Waals surface area contributed by atoms with Gasteiger partial charge in [-0.15, -0.1) is 0 Å². The summed E-state index contributed by atoms with van der Waals surface area (Å²) in [6, 6.07) is 0.834. The predicted molar refractivity (Wildman–Crippen MR) is 81.9 cm³/mol. The van der Waals surface area contributed by atoms with Crippen molar-refractivity contribution < 1.29 is 0 Å². The minimum atomic E-state index is 0.834. The van der Waals surface area contributed by atoms with Crippen molar-refractivity contribution in [3.63, 3.8) is 0 Å². The Bertz CT molecular complexity index is 278. The molecule has 0 amide bonds. The van der Waals surface area contributed by atoms with Gasteiger partial charge in [0.05, 0.1) is 0 Å². The maximum Gasteiger partial charge on any atom is 0.0165 e. The van der Waals surface area contributed by atoms with Crippen molar-refractivity contribution in [2.24, 2.45) is 0 Å². The third-order valence-electron chi connectivity index (χ3n) is 4.02. The lowest BCUT2D eigenvalue weighted by atomic mass is 9.94. The normalized spacial score (nSPS) is 18.2. The van der Waals surface area contributed by atoms with Crippen LogP contribution in [0.15, 0.2) is 23.3 Å². The Morgan fingerprint density at radius 2 is 1.72 bits per heavy atom. The summed E-state index contributed by atoms with van der Waals surface area (Å²) in [6.45, 7) is 7.75. The highest BCUT2D eigenvalue weighted by Crippen LogP contribution is 2.21. The van der Waals surface area contributed by atoms with Gasteiger partial charge in [-0.05, 0) is 53.5 Å². The Morgan fingerprint density at radius 3 is 2.33 bits per heavy atom. The van der Waals surface area contributed by atoms with E-state index in [-0.39, 0.29) is 0 Å². The molecule has 1 nitrogen and oxygen atoms in total. The maximum atomic E-state index is 2.55. The van der Waals surface area contributed by atoms with E-state index in [1.807, 2.05) is 0 Å². The van der Waals surface area contributed by atoms with Crippen LogP contribution in [0.1, 0.15) is 65.7 Å². The van der Waals surface area contributed by atoms with E-state index in [0.717, 1.165) is 12.6 Å². The first-order valence-electron chi connectivity index (χ1n) is 7.59. The molecule has 0 spiro atoms. The quantitative estimate of drug-likeness (QED) is 0.602. The number of hydrogen-bond donors (Lipinski definition) is 0. The molecule has 0 aromatic carbocycles. The zero-order valence-electron chi connectivity index (χ0n) is 12.8. The smallest absolute Gasteiger partial charge is 0.0165 e. The largest absolute Gasteiger partial charge is 0.300 e. The minimum absolute atomic E-state index is 0.834. The highest BCUT2D eigenvalue weighted by atomic mass is 15.1. The number of nitrogens with zero attached hydrogens (tertiary/aromatic N) is 1. The van der Waals surface area contributed by atoms with Crippen LogP contribution in [0, 0.1) is 0 Å². The molecule has 0 aromatic heterocycles. The predicted octanol–water partition coefficient (Wildman–Crippen LogP) is 4.94. The van der Waals surface area contributed by atoms with E-state index in [0.29, 0.717) is 0 Å². The van der Waals surface area contributed by atoms with Gasteiger partial charge in [-0.3, -0.25) is 4.90 Å². The van der Waals surface area contributed by atoms with Crippen molar-refractivity contribution in [3.05, 3.63) is 23.3 Å². The zero-order chi connectivity index (χ0) is 13.4. The maximum absolute atomic E-state index is 2.55. The van der Waals surface area contributed by atoms with E-state index in [2.05, 4.69) is 44.9 Å². The van der Waals surface area contributed by atoms with Gasteiger partial charge in [0.2, 0.25) is 0 Å². The molecule has 1 saturated carbocycles. The molecule has 0 aromatic rings. The summed E-state index contributed by atoms with van der Waals surface area (Å²) in [5.74, 6) is 0. The molecule has 0 heterocycles. The van der Waals surface area contributed by atoms with E-state index in [1.165, 1.54) is 56.1 Å². The highest BCUT2D eigenvalue weighted by molar-refractivity contribution is 5.03. The summed E-state index contributed by atoms with van der Waals surface area (Å²) in [7, 11) is 2.29. The second kappa shape index (κ2) is 8.53. The molecule has 0 saturated heterocycles. The molecule has 1 aliphatic carbocycles. The van der Waals surface area contributed by atoms with Gasteiger partial charge in [-0.2, -0.15) is 0 Å². The third-order valence-corrected chi connectivity index (χ3v) is 4.02. The van der Waals surface area contributed by atoms with Gasteiger partial charge in [0.1, 0.15) is 0 Å². The third kappa shape index (κ3) is 6.39. The zero-order valence-corrected chi connectivity index (χ0v) is 12.8.